The first-order valence-corrected chi connectivity index (χ1v) is 12.3. The van der Waals surface area contributed by atoms with Gasteiger partial charge in [-0.15, -0.1) is 0 Å². The molecule has 7 nitrogen and oxygen atoms in total. The summed E-state index contributed by atoms with van der Waals surface area (Å²) in [6.45, 7) is 6.00. The highest BCUT2D eigenvalue weighted by atomic mass is 15.3. The third kappa shape index (κ3) is 7.38. The Morgan fingerprint density at radius 2 is 1.51 bits per heavy atom. The quantitative estimate of drug-likeness (QED) is 0.162. The zero-order valence-corrected chi connectivity index (χ0v) is 20.1. The van der Waals surface area contributed by atoms with Crippen molar-refractivity contribution in [1.82, 2.24) is 20.1 Å². The number of aliphatic imine (C=N–C) groups is 1. The van der Waals surface area contributed by atoms with Gasteiger partial charge in [-0.3, -0.25) is 20.2 Å². The fourth-order valence-corrected chi connectivity index (χ4v) is 4.50. The van der Waals surface area contributed by atoms with Crippen LogP contribution in [0.15, 0.2) is 90.2 Å². The molecular weight excluding hydrogens is 434 g/mol. The number of rotatable bonds is 9. The maximum atomic E-state index is 8.99. The lowest BCUT2D eigenvalue weighted by molar-refractivity contribution is 0.108. The second-order valence-corrected chi connectivity index (χ2v) is 8.64. The van der Waals surface area contributed by atoms with E-state index in [1.165, 1.54) is 11.1 Å². The molecule has 2 N–H and O–H groups in total. The molecule has 0 bridgehead atoms. The van der Waals surface area contributed by atoms with Crippen molar-refractivity contribution in [2.45, 2.75) is 18.9 Å². The number of guanidine groups is 1. The predicted octanol–water partition coefficient (Wildman–Crippen LogP) is 4.11. The van der Waals surface area contributed by atoms with Crippen molar-refractivity contribution < 1.29 is 0 Å². The largest absolute Gasteiger partial charge is 0.325 e. The van der Waals surface area contributed by atoms with Crippen molar-refractivity contribution in [3.63, 3.8) is 0 Å². The Morgan fingerprint density at radius 3 is 2.11 bits per heavy atom. The maximum absolute atomic E-state index is 8.99. The van der Waals surface area contributed by atoms with E-state index < -0.39 is 0 Å². The number of nitriles is 1. The Bertz CT molecular complexity index is 1030. The number of piperazine rings is 1. The molecule has 0 saturated carbocycles. The van der Waals surface area contributed by atoms with Crippen LogP contribution in [0.25, 0.3) is 0 Å². The fourth-order valence-electron chi connectivity index (χ4n) is 4.50. The van der Waals surface area contributed by atoms with Gasteiger partial charge in [0.1, 0.15) is 0 Å². The molecule has 0 amide bonds. The number of aromatic nitrogens is 1. The van der Waals surface area contributed by atoms with Gasteiger partial charge in [0.2, 0.25) is 5.96 Å². The first kappa shape index (κ1) is 24.4. The molecule has 2 heterocycles. The van der Waals surface area contributed by atoms with Crippen molar-refractivity contribution in [1.29, 1.82) is 5.26 Å². The van der Waals surface area contributed by atoms with Crippen LogP contribution in [-0.2, 0) is 0 Å². The minimum atomic E-state index is 0.299. The van der Waals surface area contributed by atoms with Gasteiger partial charge in [0, 0.05) is 50.8 Å². The average molecular weight is 468 g/mol. The Labute approximate surface area is 208 Å². The molecule has 0 aliphatic carbocycles. The van der Waals surface area contributed by atoms with Crippen LogP contribution in [0.5, 0.6) is 0 Å². The van der Waals surface area contributed by atoms with Crippen LogP contribution in [-0.4, -0.2) is 60.0 Å². The lowest BCUT2D eigenvalue weighted by Gasteiger charge is -2.39. The summed E-state index contributed by atoms with van der Waals surface area (Å²) in [5.74, 6) is 0.472. The zero-order valence-electron chi connectivity index (χ0n) is 20.1. The van der Waals surface area contributed by atoms with Crippen LogP contribution < -0.4 is 10.6 Å². The number of nitrogens with one attached hydrogen (secondary N) is 2. The van der Waals surface area contributed by atoms with E-state index in [1.54, 1.807) is 12.4 Å². The molecule has 1 saturated heterocycles. The minimum absolute atomic E-state index is 0.299. The summed E-state index contributed by atoms with van der Waals surface area (Å²) in [4.78, 5) is 13.7. The topological polar surface area (TPSA) is 79.6 Å². The molecule has 180 valence electrons. The summed E-state index contributed by atoms with van der Waals surface area (Å²) in [5.41, 5.74) is 3.56. The summed E-state index contributed by atoms with van der Waals surface area (Å²) < 4.78 is 0. The number of hydrogen-bond acceptors (Lipinski definition) is 5. The van der Waals surface area contributed by atoms with Crippen LogP contribution in [0, 0.1) is 11.5 Å². The van der Waals surface area contributed by atoms with E-state index in [4.69, 9.17) is 5.26 Å². The molecule has 0 atom stereocenters. The number of hydrogen-bond donors (Lipinski definition) is 2. The smallest absolute Gasteiger partial charge is 0.209 e. The molecule has 4 rings (SSSR count). The number of nitrogens with zero attached hydrogens (tertiary/aromatic N) is 5. The van der Waals surface area contributed by atoms with Crippen LogP contribution in [0.1, 0.15) is 30.0 Å². The second-order valence-electron chi connectivity index (χ2n) is 8.64. The molecule has 0 spiro atoms. The summed E-state index contributed by atoms with van der Waals surface area (Å²) >= 11 is 0. The van der Waals surface area contributed by atoms with E-state index in [-0.39, 0.29) is 0 Å². The molecular formula is C28H33N7. The van der Waals surface area contributed by atoms with Crippen molar-refractivity contribution in [3.05, 3.63) is 96.3 Å². The highest BCUT2D eigenvalue weighted by molar-refractivity contribution is 5.94. The molecule has 7 heteroatoms. The van der Waals surface area contributed by atoms with Gasteiger partial charge in [-0.2, -0.15) is 5.26 Å². The van der Waals surface area contributed by atoms with Gasteiger partial charge in [-0.05, 0) is 42.6 Å². The van der Waals surface area contributed by atoms with Gasteiger partial charge >= 0.3 is 0 Å². The highest BCUT2D eigenvalue weighted by Crippen LogP contribution is 2.29. The minimum Gasteiger partial charge on any atom is -0.325 e. The molecule has 1 aliphatic heterocycles. The number of benzene rings is 2. The van der Waals surface area contributed by atoms with Crippen LogP contribution in [0.2, 0.25) is 0 Å². The van der Waals surface area contributed by atoms with Crippen molar-refractivity contribution in [3.8, 4) is 6.19 Å². The SMILES string of the molecule is N#CNC(=NCCCCN1CCN(C(c2ccccc2)c2ccccc2)CC1)Nc1ccncc1. The highest BCUT2D eigenvalue weighted by Gasteiger charge is 2.26. The van der Waals surface area contributed by atoms with Gasteiger partial charge in [0.05, 0.1) is 6.04 Å². The molecule has 2 aromatic carbocycles. The van der Waals surface area contributed by atoms with Gasteiger partial charge in [-0.1, -0.05) is 60.7 Å². The lowest BCUT2D eigenvalue weighted by Crippen LogP contribution is -2.48. The first-order chi connectivity index (χ1) is 17.3. The third-order valence-corrected chi connectivity index (χ3v) is 6.27. The third-order valence-electron chi connectivity index (χ3n) is 6.27. The monoisotopic (exact) mass is 467 g/mol. The van der Waals surface area contributed by atoms with E-state index in [0.717, 1.165) is 51.3 Å². The van der Waals surface area contributed by atoms with E-state index in [9.17, 15) is 0 Å². The average Bonchev–Trinajstić information content (AvgIpc) is 2.91. The maximum Gasteiger partial charge on any atom is 0.209 e. The van der Waals surface area contributed by atoms with Crippen LogP contribution in [0.4, 0.5) is 5.69 Å². The van der Waals surface area contributed by atoms with Crippen LogP contribution in [0.3, 0.4) is 0 Å². The van der Waals surface area contributed by atoms with Gasteiger partial charge in [0.15, 0.2) is 6.19 Å². The lowest BCUT2D eigenvalue weighted by atomic mass is 9.96. The van der Waals surface area contributed by atoms with E-state index in [0.29, 0.717) is 18.5 Å². The predicted molar refractivity (Wildman–Crippen MR) is 141 cm³/mol. The van der Waals surface area contributed by atoms with Gasteiger partial charge in [-0.25, -0.2) is 0 Å². The second kappa shape index (κ2) is 13.2. The summed E-state index contributed by atoms with van der Waals surface area (Å²) in [6.07, 6.45) is 7.41. The molecule has 0 radical (unpaired) electrons. The fraction of sp³-hybridized carbons (Fsp3) is 0.321. The molecule has 1 aromatic heterocycles. The summed E-state index contributed by atoms with van der Waals surface area (Å²) in [6, 6.07) is 25.6. The standard InChI is InChI=1S/C28H33N7/c29-23-32-28(33-26-13-16-30-17-14-26)31-15-7-8-18-34-19-21-35(22-20-34)27(24-9-3-1-4-10-24)25-11-5-2-6-12-25/h1-6,9-14,16-17,27H,7-8,15,18-22H2,(H2,30,31,32,33). The van der Waals surface area contributed by atoms with Crippen molar-refractivity contribution >= 4 is 11.6 Å². The Balaban J connectivity index is 1.24. The molecule has 1 aliphatic rings. The molecule has 0 unspecified atom stereocenters. The Morgan fingerprint density at radius 1 is 0.886 bits per heavy atom. The molecule has 3 aromatic rings. The Hall–Kier alpha value is -3.73. The van der Waals surface area contributed by atoms with E-state index in [2.05, 4.69) is 91.1 Å². The molecule has 1 fully saturated rings. The van der Waals surface area contributed by atoms with E-state index in [1.807, 2.05) is 18.3 Å². The van der Waals surface area contributed by atoms with Crippen molar-refractivity contribution in [2.24, 2.45) is 4.99 Å². The number of anilines is 1. The van der Waals surface area contributed by atoms with Gasteiger partial charge < -0.3 is 10.2 Å². The number of unbranched alkanes of at least 4 members (excludes halogenated alkanes) is 1. The zero-order chi connectivity index (χ0) is 24.1. The van der Waals surface area contributed by atoms with Crippen LogP contribution >= 0.6 is 0 Å². The summed E-state index contributed by atoms with van der Waals surface area (Å²) in [5, 5.41) is 14.7. The normalized spacial score (nSPS) is 15.0. The Kier molecular flexibility index (Phi) is 9.22. The number of pyridine rings is 1. The molecule has 35 heavy (non-hydrogen) atoms. The first-order valence-electron chi connectivity index (χ1n) is 12.3. The van der Waals surface area contributed by atoms with E-state index >= 15 is 0 Å². The van der Waals surface area contributed by atoms with Gasteiger partial charge in [0.25, 0.3) is 0 Å². The summed E-state index contributed by atoms with van der Waals surface area (Å²) in [7, 11) is 0. The van der Waals surface area contributed by atoms with Crippen molar-refractivity contribution in [2.75, 3.05) is 44.6 Å².